The van der Waals surface area contributed by atoms with Crippen LogP contribution in [-0.4, -0.2) is 48.6 Å². The maximum atomic E-state index is 12.3. The van der Waals surface area contributed by atoms with Crippen molar-refractivity contribution in [3.63, 3.8) is 0 Å². The zero-order valence-electron chi connectivity index (χ0n) is 16.9. The van der Waals surface area contributed by atoms with E-state index in [4.69, 9.17) is 23.2 Å². The summed E-state index contributed by atoms with van der Waals surface area (Å²) >= 11 is 13.8. The summed E-state index contributed by atoms with van der Waals surface area (Å²) < 4.78 is 0. The van der Waals surface area contributed by atoms with Crippen LogP contribution in [0, 0.1) is 0 Å². The van der Waals surface area contributed by atoms with Crippen LogP contribution >= 0.6 is 35.0 Å². The standard InChI is InChI=1S/C22H25Cl2N3O2S/c1-2-3-22(29)27-12-10-26(11-13-27)20-9-6-17(14-19(20)24)25-21(28)15-30-18-7-4-16(23)5-8-18/h4-9,14H,2-3,10-13,15H2,1H3,(H,25,28). The van der Waals surface area contributed by atoms with Gasteiger partial charge in [0.05, 0.1) is 16.5 Å². The van der Waals surface area contributed by atoms with Gasteiger partial charge in [-0.1, -0.05) is 30.1 Å². The van der Waals surface area contributed by atoms with Crippen molar-refractivity contribution in [3.05, 3.63) is 52.5 Å². The van der Waals surface area contributed by atoms with Crippen LogP contribution < -0.4 is 10.2 Å². The van der Waals surface area contributed by atoms with Crippen molar-refractivity contribution < 1.29 is 9.59 Å². The highest BCUT2D eigenvalue weighted by atomic mass is 35.5. The van der Waals surface area contributed by atoms with E-state index in [1.54, 1.807) is 18.2 Å². The lowest BCUT2D eigenvalue weighted by atomic mass is 10.2. The van der Waals surface area contributed by atoms with Crippen molar-refractivity contribution in [2.45, 2.75) is 24.7 Å². The molecule has 0 spiro atoms. The summed E-state index contributed by atoms with van der Waals surface area (Å²) in [7, 11) is 0. The van der Waals surface area contributed by atoms with E-state index in [9.17, 15) is 9.59 Å². The molecule has 0 atom stereocenters. The summed E-state index contributed by atoms with van der Waals surface area (Å²) in [5.41, 5.74) is 1.59. The average molecular weight is 466 g/mol. The lowest BCUT2D eigenvalue weighted by Crippen LogP contribution is -2.48. The third-order valence-electron chi connectivity index (χ3n) is 4.85. The molecule has 160 valence electrons. The molecule has 8 heteroatoms. The molecule has 2 aromatic carbocycles. The second-order valence-electron chi connectivity index (χ2n) is 7.07. The maximum Gasteiger partial charge on any atom is 0.234 e. The van der Waals surface area contributed by atoms with E-state index in [0.717, 1.165) is 30.1 Å². The van der Waals surface area contributed by atoms with E-state index >= 15 is 0 Å². The number of nitrogens with one attached hydrogen (secondary N) is 1. The Morgan fingerprint density at radius 1 is 1.03 bits per heavy atom. The summed E-state index contributed by atoms with van der Waals surface area (Å²) in [6.07, 6.45) is 1.47. The molecule has 0 saturated carbocycles. The van der Waals surface area contributed by atoms with Crippen molar-refractivity contribution >= 4 is 58.2 Å². The summed E-state index contributed by atoms with van der Waals surface area (Å²) in [5.74, 6) is 0.425. The first-order chi connectivity index (χ1) is 14.5. The van der Waals surface area contributed by atoms with E-state index in [2.05, 4.69) is 10.2 Å². The number of carbonyl (C=O) groups is 2. The average Bonchev–Trinajstić information content (AvgIpc) is 2.74. The largest absolute Gasteiger partial charge is 0.367 e. The van der Waals surface area contributed by atoms with Crippen molar-refractivity contribution in [2.24, 2.45) is 0 Å². The molecule has 1 N–H and O–H groups in total. The minimum absolute atomic E-state index is 0.0955. The van der Waals surface area contributed by atoms with Crippen LogP contribution in [0.5, 0.6) is 0 Å². The van der Waals surface area contributed by atoms with E-state index in [1.807, 2.05) is 36.1 Å². The molecular formula is C22H25Cl2N3O2S. The lowest BCUT2D eigenvalue weighted by molar-refractivity contribution is -0.131. The van der Waals surface area contributed by atoms with Gasteiger partial charge in [-0.15, -0.1) is 11.8 Å². The number of carbonyl (C=O) groups excluding carboxylic acids is 2. The number of hydrogen-bond donors (Lipinski definition) is 1. The molecule has 0 aliphatic carbocycles. The van der Waals surface area contributed by atoms with Gasteiger partial charge in [0.25, 0.3) is 0 Å². The molecule has 1 aliphatic rings. The van der Waals surface area contributed by atoms with Crippen LogP contribution in [0.4, 0.5) is 11.4 Å². The van der Waals surface area contributed by atoms with Crippen LogP contribution in [0.1, 0.15) is 19.8 Å². The second-order valence-corrected chi connectivity index (χ2v) is 8.97. The highest BCUT2D eigenvalue weighted by Gasteiger charge is 2.22. The van der Waals surface area contributed by atoms with Crippen LogP contribution in [0.3, 0.4) is 0 Å². The number of anilines is 2. The van der Waals surface area contributed by atoms with Gasteiger partial charge >= 0.3 is 0 Å². The lowest BCUT2D eigenvalue weighted by Gasteiger charge is -2.36. The van der Waals surface area contributed by atoms with Gasteiger partial charge in [-0.25, -0.2) is 0 Å². The molecule has 3 rings (SSSR count). The quantitative estimate of drug-likeness (QED) is 0.572. The van der Waals surface area contributed by atoms with Gasteiger partial charge in [0.2, 0.25) is 11.8 Å². The number of hydrogen-bond acceptors (Lipinski definition) is 4. The Balaban J connectivity index is 1.52. The Hall–Kier alpha value is -1.89. The van der Waals surface area contributed by atoms with Crippen molar-refractivity contribution in [3.8, 4) is 0 Å². The third-order valence-corrected chi connectivity index (χ3v) is 6.42. The summed E-state index contributed by atoms with van der Waals surface area (Å²) in [6.45, 7) is 4.92. The molecule has 2 amide bonds. The normalized spacial score (nSPS) is 14.0. The molecule has 0 bridgehead atoms. The van der Waals surface area contributed by atoms with Crippen LogP contribution in [0.2, 0.25) is 10.0 Å². The molecule has 1 aliphatic heterocycles. The Morgan fingerprint density at radius 3 is 2.37 bits per heavy atom. The SMILES string of the molecule is CCCC(=O)N1CCN(c2ccc(NC(=O)CSc3ccc(Cl)cc3)cc2Cl)CC1. The Morgan fingerprint density at radius 2 is 1.73 bits per heavy atom. The first-order valence-electron chi connectivity index (χ1n) is 9.96. The highest BCUT2D eigenvalue weighted by Crippen LogP contribution is 2.30. The van der Waals surface area contributed by atoms with E-state index in [0.29, 0.717) is 41.0 Å². The van der Waals surface area contributed by atoms with Gasteiger partial charge in [-0.2, -0.15) is 0 Å². The van der Waals surface area contributed by atoms with E-state index in [1.165, 1.54) is 11.8 Å². The molecule has 5 nitrogen and oxygen atoms in total. The summed E-state index contributed by atoms with van der Waals surface area (Å²) in [5, 5.41) is 4.15. The molecule has 0 unspecified atom stereocenters. The fourth-order valence-corrected chi connectivity index (χ4v) is 4.41. The topological polar surface area (TPSA) is 52.7 Å². The zero-order valence-corrected chi connectivity index (χ0v) is 19.2. The van der Waals surface area contributed by atoms with Crippen molar-refractivity contribution in [1.82, 2.24) is 4.90 Å². The third kappa shape index (κ3) is 6.30. The number of amides is 2. The van der Waals surface area contributed by atoms with Gasteiger partial charge in [-0.05, 0) is 48.9 Å². The molecule has 30 heavy (non-hydrogen) atoms. The number of rotatable bonds is 7. The van der Waals surface area contributed by atoms with E-state index in [-0.39, 0.29) is 11.8 Å². The maximum absolute atomic E-state index is 12.3. The Labute approximate surface area is 191 Å². The fourth-order valence-electron chi connectivity index (χ4n) is 3.29. The number of benzene rings is 2. The molecule has 1 saturated heterocycles. The number of halogens is 2. The van der Waals surface area contributed by atoms with Crippen molar-refractivity contribution in [2.75, 3.05) is 42.1 Å². The van der Waals surface area contributed by atoms with Crippen LogP contribution in [0.15, 0.2) is 47.4 Å². The first kappa shape index (κ1) is 22.8. The summed E-state index contributed by atoms with van der Waals surface area (Å²) in [6, 6.07) is 13.0. The van der Waals surface area contributed by atoms with Gasteiger partial charge in [-0.3, -0.25) is 9.59 Å². The minimum Gasteiger partial charge on any atom is -0.367 e. The number of thioether (sulfide) groups is 1. The molecule has 2 aromatic rings. The van der Waals surface area contributed by atoms with Crippen molar-refractivity contribution in [1.29, 1.82) is 0 Å². The van der Waals surface area contributed by atoms with Gasteiger partial charge in [0.1, 0.15) is 0 Å². The number of piperazine rings is 1. The smallest absolute Gasteiger partial charge is 0.234 e. The van der Waals surface area contributed by atoms with E-state index < -0.39 is 0 Å². The molecule has 1 fully saturated rings. The van der Waals surface area contributed by atoms with Crippen LogP contribution in [-0.2, 0) is 9.59 Å². The molecular weight excluding hydrogens is 441 g/mol. The summed E-state index contributed by atoms with van der Waals surface area (Å²) in [4.78, 5) is 29.4. The van der Waals surface area contributed by atoms with Gasteiger partial charge in [0.15, 0.2) is 0 Å². The minimum atomic E-state index is -0.0955. The van der Waals surface area contributed by atoms with Crippen LogP contribution in [0.25, 0.3) is 0 Å². The molecule has 0 radical (unpaired) electrons. The Bertz CT molecular complexity index is 884. The molecule has 1 heterocycles. The highest BCUT2D eigenvalue weighted by molar-refractivity contribution is 8.00. The van der Waals surface area contributed by atoms with Gasteiger partial charge in [0, 0.05) is 48.2 Å². The predicted octanol–water partition coefficient (Wildman–Crippen LogP) is 5.17. The first-order valence-corrected chi connectivity index (χ1v) is 11.7. The fraction of sp³-hybridized carbons (Fsp3) is 0.364. The number of nitrogens with zero attached hydrogens (tertiary/aromatic N) is 2. The van der Waals surface area contributed by atoms with Gasteiger partial charge < -0.3 is 15.1 Å². The Kier molecular flexibility index (Phi) is 8.31. The molecule has 0 aromatic heterocycles. The zero-order chi connectivity index (χ0) is 21.5. The monoisotopic (exact) mass is 465 g/mol. The predicted molar refractivity (Wildman–Crippen MR) is 126 cm³/mol. The second kappa shape index (κ2) is 10.9.